The first-order valence-corrected chi connectivity index (χ1v) is 12.7. The zero-order valence-electron chi connectivity index (χ0n) is 18.2. The molecule has 0 bridgehead atoms. The summed E-state index contributed by atoms with van der Waals surface area (Å²) < 4.78 is 23.8. The van der Waals surface area contributed by atoms with E-state index in [1.165, 1.54) is 12.1 Å². The van der Waals surface area contributed by atoms with Crippen molar-refractivity contribution in [2.75, 3.05) is 11.1 Å². The molecule has 0 aliphatic rings. The van der Waals surface area contributed by atoms with E-state index in [9.17, 15) is 18.5 Å². The highest BCUT2D eigenvalue weighted by Crippen LogP contribution is 2.38. The van der Waals surface area contributed by atoms with Crippen molar-refractivity contribution in [1.82, 2.24) is 0 Å². The average molecular weight is 501 g/mol. The van der Waals surface area contributed by atoms with Gasteiger partial charge in [0.1, 0.15) is 0 Å². The van der Waals surface area contributed by atoms with Gasteiger partial charge in [0.25, 0.3) is 0 Å². The second-order valence-corrected chi connectivity index (χ2v) is 10.5. The summed E-state index contributed by atoms with van der Waals surface area (Å²) in [4.78, 5) is 12.7. The maximum atomic E-state index is 12.5. The van der Waals surface area contributed by atoms with Crippen molar-refractivity contribution in [2.45, 2.75) is 31.6 Å². The summed E-state index contributed by atoms with van der Waals surface area (Å²) in [5, 5.41) is 12.9. The van der Waals surface area contributed by atoms with Gasteiger partial charge < -0.3 is 5.32 Å². The molecule has 1 amide bonds. The van der Waals surface area contributed by atoms with Crippen LogP contribution in [0.2, 0.25) is 10.0 Å². The molecule has 0 aliphatic carbocycles. The predicted molar refractivity (Wildman–Crippen MR) is 132 cm³/mol. The third kappa shape index (κ3) is 5.75. The number of halogens is 2. The van der Waals surface area contributed by atoms with Crippen LogP contribution < -0.4 is 5.32 Å². The average Bonchev–Trinajstić information content (AvgIpc) is 2.78. The monoisotopic (exact) mass is 500 g/mol. The van der Waals surface area contributed by atoms with Crippen LogP contribution in [0.5, 0.6) is 0 Å². The lowest BCUT2D eigenvalue weighted by Crippen LogP contribution is -2.14. The van der Waals surface area contributed by atoms with E-state index in [2.05, 4.69) is 11.4 Å². The Kier molecular flexibility index (Phi) is 7.80. The minimum Gasteiger partial charge on any atom is -0.326 e. The first-order valence-electron chi connectivity index (χ1n) is 10.3. The summed E-state index contributed by atoms with van der Waals surface area (Å²) >= 11 is 13.0. The van der Waals surface area contributed by atoms with Crippen molar-refractivity contribution in [2.24, 2.45) is 0 Å². The van der Waals surface area contributed by atoms with Crippen molar-refractivity contribution >= 4 is 44.6 Å². The Morgan fingerprint density at radius 1 is 1.00 bits per heavy atom. The molecule has 0 aromatic heterocycles. The van der Waals surface area contributed by atoms with Gasteiger partial charge in [0.15, 0.2) is 9.84 Å². The van der Waals surface area contributed by atoms with Crippen LogP contribution in [0.15, 0.2) is 59.5 Å². The fourth-order valence-electron chi connectivity index (χ4n) is 3.44. The van der Waals surface area contributed by atoms with Crippen LogP contribution in [0.25, 0.3) is 11.1 Å². The quantitative estimate of drug-likeness (QED) is 0.426. The molecule has 0 spiro atoms. The molecular formula is C25H22Cl2N2O3S. The topological polar surface area (TPSA) is 87.0 Å². The number of carbonyl (C=O) groups is 1. The van der Waals surface area contributed by atoms with Gasteiger partial charge in [-0.2, -0.15) is 5.26 Å². The number of amides is 1. The number of aryl methyl sites for hydroxylation is 1. The standard InChI is InChI=1S/C25H22Cl2N2O3S/c1-3-17-7-8-18(12-19(17)15-28)25-22(26)13-20(14-23(25)27)29-24(30)11-16-5-9-21(10-6-16)33(31,32)4-2/h5-10,12-14H,3-4,11H2,1-2H3,(H,29,30). The SMILES string of the molecule is CCc1ccc(-c2c(Cl)cc(NC(=O)Cc3ccc(S(=O)(=O)CC)cc3)cc2Cl)cc1C#N. The highest BCUT2D eigenvalue weighted by molar-refractivity contribution is 7.91. The number of anilines is 1. The summed E-state index contributed by atoms with van der Waals surface area (Å²) in [5.74, 6) is -0.273. The van der Waals surface area contributed by atoms with Crippen molar-refractivity contribution in [1.29, 1.82) is 5.26 Å². The minimum absolute atomic E-state index is 0.0188. The first-order chi connectivity index (χ1) is 15.7. The number of hydrogen-bond donors (Lipinski definition) is 1. The summed E-state index contributed by atoms with van der Waals surface area (Å²) in [6, 6.07) is 17.2. The Hall–Kier alpha value is -2.85. The molecule has 5 nitrogen and oxygen atoms in total. The molecular weight excluding hydrogens is 479 g/mol. The van der Waals surface area contributed by atoms with E-state index in [0.29, 0.717) is 32.4 Å². The highest BCUT2D eigenvalue weighted by atomic mass is 35.5. The van der Waals surface area contributed by atoms with Gasteiger partial charge in [-0.05, 0) is 53.4 Å². The molecule has 33 heavy (non-hydrogen) atoms. The smallest absolute Gasteiger partial charge is 0.228 e. The summed E-state index contributed by atoms with van der Waals surface area (Å²) in [6.07, 6.45) is 0.806. The van der Waals surface area contributed by atoms with Gasteiger partial charge in [-0.15, -0.1) is 0 Å². The fraction of sp³-hybridized carbons (Fsp3) is 0.200. The second kappa shape index (κ2) is 10.4. The first kappa shape index (κ1) is 24.8. The molecule has 8 heteroatoms. The number of nitrogens with one attached hydrogen (secondary N) is 1. The Morgan fingerprint density at radius 3 is 2.18 bits per heavy atom. The van der Waals surface area contributed by atoms with Crippen LogP contribution in [0.3, 0.4) is 0 Å². The molecule has 0 aliphatic heterocycles. The number of rotatable bonds is 7. The third-order valence-electron chi connectivity index (χ3n) is 5.25. The Labute approximate surface area is 203 Å². The van der Waals surface area contributed by atoms with E-state index < -0.39 is 9.84 Å². The van der Waals surface area contributed by atoms with Crippen LogP contribution in [0.1, 0.15) is 30.5 Å². The molecule has 0 fully saturated rings. The maximum absolute atomic E-state index is 12.5. The van der Waals surface area contributed by atoms with Gasteiger partial charge in [0, 0.05) is 11.3 Å². The Bertz CT molecular complexity index is 1320. The fourth-order valence-corrected chi connectivity index (χ4v) is 5.03. The predicted octanol–water partition coefficient (Wildman–Crippen LogP) is 6.07. The number of nitriles is 1. The molecule has 1 N–H and O–H groups in total. The number of benzene rings is 3. The zero-order chi connectivity index (χ0) is 24.2. The van der Waals surface area contributed by atoms with Gasteiger partial charge >= 0.3 is 0 Å². The van der Waals surface area contributed by atoms with E-state index >= 15 is 0 Å². The molecule has 0 radical (unpaired) electrons. The van der Waals surface area contributed by atoms with Crippen molar-refractivity contribution in [3.8, 4) is 17.2 Å². The van der Waals surface area contributed by atoms with Crippen LogP contribution in [-0.4, -0.2) is 20.1 Å². The number of sulfone groups is 1. The van der Waals surface area contributed by atoms with E-state index in [-0.39, 0.29) is 23.0 Å². The summed E-state index contributed by atoms with van der Waals surface area (Å²) in [7, 11) is -3.28. The molecule has 0 unspecified atom stereocenters. The van der Waals surface area contributed by atoms with Gasteiger partial charge in [0.2, 0.25) is 5.91 Å². The lowest BCUT2D eigenvalue weighted by Gasteiger charge is -2.13. The molecule has 0 saturated carbocycles. The van der Waals surface area contributed by atoms with E-state index in [1.807, 2.05) is 19.1 Å². The number of hydrogen-bond acceptors (Lipinski definition) is 4. The Balaban J connectivity index is 1.78. The lowest BCUT2D eigenvalue weighted by molar-refractivity contribution is -0.115. The summed E-state index contributed by atoms with van der Waals surface area (Å²) in [6.45, 7) is 3.57. The largest absolute Gasteiger partial charge is 0.326 e. The summed E-state index contributed by atoms with van der Waals surface area (Å²) in [5.41, 5.74) is 3.93. The van der Waals surface area contributed by atoms with E-state index in [0.717, 1.165) is 17.5 Å². The molecule has 0 heterocycles. The molecule has 3 aromatic rings. The number of carbonyl (C=O) groups excluding carboxylic acids is 1. The second-order valence-electron chi connectivity index (χ2n) is 7.42. The van der Waals surface area contributed by atoms with Gasteiger partial charge in [-0.3, -0.25) is 4.79 Å². The molecule has 0 saturated heterocycles. The van der Waals surface area contributed by atoms with E-state index in [4.69, 9.17) is 23.2 Å². The lowest BCUT2D eigenvalue weighted by atomic mass is 9.98. The molecule has 170 valence electrons. The Morgan fingerprint density at radius 2 is 1.64 bits per heavy atom. The van der Waals surface area contributed by atoms with Crippen LogP contribution in [0, 0.1) is 11.3 Å². The third-order valence-corrected chi connectivity index (χ3v) is 7.60. The van der Waals surface area contributed by atoms with Crippen molar-refractivity contribution < 1.29 is 13.2 Å². The van der Waals surface area contributed by atoms with Gasteiger partial charge in [-0.1, -0.05) is 61.3 Å². The maximum Gasteiger partial charge on any atom is 0.228 e. The van der Waals surface area contributed by atoms with Gasteiger partial charge in [-0.25, -0.2) is 8.42 Å². The van der Waals surface area contributed by atoms with Crippen LogP contribution in [0.4, 0.5) is 5.69 Å². The number of nitrogens with zero attached hydrogens (tertiary/aromatic N) is 1. The molecule has 3 aromatic carbocycles. The molecule has 0 atom stereocenters. The van der Waals surface area contributed by atoms with Crippen LogP contribution >= 0.6 is 23.2 Å². The minimum atomic E-state index is -3.28. The van der Waals surface area contributed by atoms with E-state index in [1.54, 1.807) is 37.3 Å². The van der Waals surface area contributed by atoms with Crippen molar-refractivity contribution in [3.63, 3.8) is 0 Å². The van der Waals surface area contributed by atoms with Gasteiger partial charge in [0.05, 0.1) is 38.7 Å². The van der Waals surface area contributed by atoms with Crippen molar-refractivity contribution in [3.05, 3.63) is 81.3 Å². The zero-order valence-corrected chi connectivity index (χ0v) is 20.5. The highest BCUT2D eigenvalue weighted by Gasteiger charge is 2.15. The molecule has 3 rings (SSSR count). The normalized spacial score (nSPS) is 11.1. The van der Waals surface area contributed by atoms with Crippen LogP contribution in [-0.2, 0) is 27.5 Å².